The van der Waals surface area contributed by atoms with Gasteiger partial charge in [-0.05, 0) is 29.4 Å². The fourth-order valence-corrected chi connectivity index (χ4v) is 3.16. The molecule has 2 aromatic heterocycles. The van der Waals surface area contributed by atoms with Gasteiger partial charge in [-0.15, -0.1) is 0 Å². The van der Waals surface area contributed by atoms with Crippen molar-refractivity contribution in [2.45, 2.75) is 37.4 Å². The van der Waals surface area contributed by atoms with Crippen molar-refractivity contribution >= 4 is 17.6 Å². The van der Waals surface area contributed by atoms with Gasteiger partial charge in [0.25, 0.3) is 5.78 Å². The number of hydrogen-bond donors (Lipinski definition) is 1. The van der Waals surface area contributed by atoms with Crippen LogP contribution in [0.15, 0.2) is 36.7 Å². The van der Waals surface area contributed by atoms with Gasteiger partial charge in [-0.2, -0.15) is 27.8 Å². The SMILES string of the molecule is COC(=O)C(Nc1cc(C(F)(F)F)nc2ncnn12)c1ccc(C2(C)CC2)cc1. The number of alkyl halides is 3. The molecule has 1 fully saturated rings. The third-order valence-electron chi connectivity index (χ3n) is 5.21. The van der Waals surface area contributed by atoms with Gasteiger partial charge in [0.2, 0.25) is 0 Å². The third-order valence-corrected chi connectivity index (χ3v) is 5.21. The topological polar surface area (TPSA) is 81.4 Å². The number of rotatable bonds is 5. The summed E-state index contributed by atoms with van der Waals surface area (Å²) in [5, 5.41) is 6.70. The smallest absolute Gasteiger partial charge is 0.433 e. The molecule has 1 aromatic carbocycles. The Balaban J connectivity index is 1.72. The fraction of sp³-hybridized carbons (Fsp3) is 0.368. The van der Waals surface area contributed by atoms with Gasteiger partial charge in [-0.3, -0.25) is 0 Å². The average Bonchev–Trinajstić information content (AvgIpc) is 3.26. The Labute approximate surface area is 163 Å². The fourth-order valence-electron chi connectivity index (χ4n) is 3.16. The molecule has 10 heteroatoms. The number of carbonyl (C=O) groups is 1. The van der Waals surface area contributed by atoms with E-state index >= 15 is 0 Å². The van der Waals surface area contributed by atoms with Crippen LogP contribution in [0.2, 0.25) is 0 Å². The van der Waals surface area contributed by atoms with Crippen LogP contribution in [-0.2, 0) is 21.1 Å². The summed E-state index contributed by atoms with van der Waals surface area (Å²) >= 11 is 0. The quantitative estimate of drug-likeness (QED) is 0.654. The van der Waals surface area contributed by atoms with E-state index in [4.69, 9.17) is 4.74 Å². The normalized spacial score (nSPS) is 16.4. The highest BCUT2D eigenvalue weighted by atomic mass is 19.4. The number of fused-ring (bicyclic) bond motifs is 1. The summed E-state index contributed by atoms with van der Waals surface area (Å²) in [5.41, 5.74) is 0.739. The molecule has 2 heterocycles. The van der Waals surface area contributed by atoms with Crippen LogP contribution < -0.4 is 5.32 Å². The number of anilines is 1. The Bertz CT molecular complexity index is 1060. The maximum Gasteiger partial charge on any atom is 0.433 e. The average molecular weight is 405 g/mol. The predicted molar refractivity (Wildman–Crippen MR) is 97.2 cm³/mol. The number of esters is 1. The zero-order valence-electron chi connectivity index (χ0n) is 15.7. The minimum absolute atomic E-state index is 0.0755. The maximum absolute atomic E-state index is 13.2. The molecular weight excluding hydrogens is 387 g/mol. The van der Waals surface area contributed by atoms with Crippen molar-refractivity contribution in [2.24, 2.45) is 0 Å². The van der Waals surface area contributed by atoms with Crippen LogP contribution in [0, 0.1) is 0 Å². The molecule has 1 atom stereocenters. The van der Waals surface area contributed by atoms with Gasteiger partial charge in [0.1, 0.15) is 12.1 Å². The summed E-state index contributed by atoms with van der Waals surface area (Å²) in [5.74, 6) is -0.953. The number of ether oxygens (including phenoxy) is 1. The molecule has 0 radical (unpaired) electrons. The second-order valence-corrected chi connectivity index (χ2v) is 7.28. The number of methoxy groups -OCH3 is 1. The van der Waals surface area contributed by atoms with Crippen LogP contribution in [-0.4, -0.2) is 32.7 Å². The molecule has 1 aliphatic carbocycles. The van der Waals surface area contributed by atoms with Crippen LogP contribution in [0.25, 0.3) is 5.78 Å². The molecule has 0 bridgehead atoms. The molecule has 1 unspecified atom stereocenters. The lowest BCUT2D eigenvalue weighted by Gasteiger charge is -2.20. The van der Waals surface area contributed by atoms with Gasteiger partial charge < -0.3 is 10.1 Å². The Morgan fingerprint density at radius 3 is 2.55 bits per heavy atom. The van der Waals surface area contributed by atoms with Crippen molar-refractivity contribution in [3.8, 4) is 0 Å². The van der Waals surface area contributed by atoms with Crippen LogP contribution >= 0.6 is 0 Å². The summed E-state index contributed by atoms with van der Waals surface area (Å²) < 4.78 is 45.6. The Morgan fingerprint density at radius 1 is 1.28 bits per heavy atom. The Morgan fingerprint density at radius 2 is 1.97 bits per heavy atom. The monoisotopic (exact) mass is 405 g/mol. The van der Waals surface area contributed by atoms with Gasteiger partial charge in [-0.25, -0.2) is 9.78 Å². The highest BCUT2D eigenvalue weighted by Crippen LogP contribution is 2.47. The third kappa shape index (κ3) is 3.62. The largest absolute Gasteiger partial charge is 0.467 e. The zero-order valence-corrected chi connectivity index (χ0v) is 15.7. The first-order valence-electron chi connectivity index (χ1n) is 8.94. The van der Waals surface area contributed by atoms with Crippen LogP contribution in [0.3, 0.4) is 0 Å². The highest BCUT2D eigenvalue weighted by Gasteiger charge is 2.39. The predicted octanol–water partition coefficient (Wildman–Crippen LogP) is 3.52. The second kappa shape index (κ2) is 6.71. The van der Waals surface area contributed by atoms with Gasteiger partial charge in [0.05, 0.1) is 7.11 Å². The van der Waals surface area contributed by atoms with Gasteiger partial charge in [0, 0.05) is 6.07 Å². The van der Waals surface area contributed by atoms with E-state index in [9.17, 15) is 18.0 Å². The molecule has 0 spiro atoms. The molecule has 1 saturated carbocycles. The van der Waals surface area contributed by atoms with Gasteiger partial charge >= 0.3 is 12.1 Å². The Hall–Kier alpha value is -3.17. The number of benzene rings is 1. The summed E-state index contributed by atoms with van der Waals surface area (Å²) in [6, 6.07) is 7.17. The van der Waals surface area contributed by atoms with E-state index in [2.05, 4.69) is 27.3 Å². The minimum Gasteiger partial charge on any atom is -0.467 e. The number of nitrogens with zero attached hydrogens (tertiary/aromatic N) is 4. The van der Waals surface area contributed by atoms with E-state index in [0.717, 1.165) is 35.3 Å². The number of halogens is 3. The number of carbonyl (C=O) groups excluding carboxylic acids is 1. The van der Waals surface area contributed by atoms with Gasteiger partial charge in [-0.1, -0.05) is 31.2 Å². The lowest BCUT2D eigenvalue weighted by Crippen LogP contribution is -2.24. The van der Waals surface area contributed by atoms with Crippen LogP contribution in [0.4, 0.5) is 19.0 Å². The minimum atomic E-state index is -4.67. The van der Waals surface area contributed by atoms with Gasteiger partial charge in [0.15, 0.2) is 11.7 Å². The standard InChI is InChI=1S/C19H18F3N5O2/c1-18(7-8-18)12-5-3-11(4-6-12)15(16(28)29-2)26-14-9-13(19(20,21)22)25-17-23-10-24-27(14)17/h3-6,9-10,15,26H,7-8H2,1-2H3. The molecule has 0 amide bonds. The summed E-state index contributed by atoms with van der Waals surface area (Å²) in [6.45, 7) is 2.16. The zero-order chi connectivity index (χ0) is 20.8. The summed E-state index contributed by atoms with van der Waals surface area (Å²) in [4.78, 5) is 19.6. The Kier molecular flexibility index (Phi) is 4.44. The molecule has 1 N–H and O–H groups in total. The molecule has 4 rings (SSSR count). The molecular formula is C19H18F3N5O2. The van der Waals surface area contributed by atoms with E-state index in [1.165, 1.54) is 7.11 Å². The molecule has 7 nitrogen and oxygen atoms in total. The molecule has 29 heavy (non-hydrogen) atoms. The van der Waals surface area contributed by atoms with Crippen molar-refractivity contribution in [2.75, 3.05) is 12.4 Å². The number of hydrogen-bond acceptors (Lipinski definition) is 6. The molecule has 0 aliphatic heterocycles. The first-order valence-corrected chi connectivity index (χ1v) is 8.94. The number of nitrogens with one attached hydrogen (secondary N) is 1. The van der Waals surface area contributed by atoms with E-state index in [-0.39, 0.29) is 17.0 Å². The van der Waals surface area contributed by atoms with Crippen LogP contribution in [0.1, 0.15) is 42.6 Å². The lowest BCUT2D eigenvalue weighted by atomic mass is 9.95. The van der Waals surface area contributed by atoms with E-state index < -0.39 is 23.9 Å². The lowest BCUT2D eigenvalue weighted by molar-refractivity contribution is -0.141. The summed E-state index contributed by atoms with van der Waals surface area (Å²) in [7, 11) is 1.22. The number of aromatic nitrogens is 4. The maximum atomic E-state index is 13.2. The molecule has 1 aliphatic rings. The molecule has 152 valence electrons. The molecule has 3 aromatic rings. The highest BCUT2D eigenvalue weighted by molar-refractivity contribution is 5.80. The van der Waals surface area contributed by atoms with Crippen LogP contribution in [0.5, 0.6) is 0 Å². The van der Waals surface area contributed by atoms with E-state index in [0.29, 0.717) is 5.56 Å². The van der Waals surface area contributed by atoms with E-state index in [1.54, 1.807) is 12.1 Å². The van der Waals surface area contributed by atoms with Crippen molar-refractivity contribution < 1.29 is 22.7 Å². The second-order valence-electron chi connectivity index (χ2n) is 7.28. The van der Waals surface area contributed by atoms with Crippen molar-refractivity contribution in [3.63, 3.8) is 0 Å². The molecule has 0 saturated heterocycles. The first-order chi connectivity index (χ1) is 13.7. The van der Waals surface area contributed by atoms with Crippen molar-refractivity contribution in [1.82, 2.24) is 19.6 Å². The van der Waals surface area contributed by atoms with Crippen molar-refractivity contribution in [1.29, 1.82) is 0 Å². The summed E-state index contributed by atoms with van der Waals surface area (Å²) in [6.07, 6.45) is -1.38. The van der Waals surface area contributed by atoms with Crippen molar-refractivity contribution in [3.05, 3.63) is 53.5 Å². The first kappa shape index (κ1) is 19.2. The van der Waals surface area contributed by atoms with E-state index in [1.807, 2.05) is 12.1 Å².